The van der Waals surface area contributed by atoms with Gasteiger partial charge in [-0.2, -0.15) is 0 Å². The van der Waals surface area contributed by atoms with E-state index < -0.39 is 23.9 Å². The van der Waals surface area contributed by atoms with Crippen LogP contribution in [0.15, 0.2) is 315 Å². The first-order valence-electron chi connectivity index (χ1n) is 34.4. The molecule has 12 nitrogen and oxygen atoms in total. The quantitative estimate of drug-likeness (QED) is 0.0751. The lowest BCUT2D eigenvalue weighted by atomic mass is 10.0. The van der Waals surface area contributed by atoms with Crippen LogP contribution < -0.4 is 28.4 Å². The van der Waals surface area contributed by atoms with Gasteiger partial charge in [0.15, 0.2) is 0 Å². The average molecular weight is 1440 g/mol. The van der Waals surface area contributed by atoms with E-state index in [1.807, 2.05) is 177 Å². The summed E-state index contributed by atoms with van der Waals surface area (Å²) in [7, 11) is 0. The molecule has 0 aliphatic heterocycles. The number of hydrogen-bond donors (Lipinski definition) is 0. The van der Waals surface area contributed by atoms with Gasteiger partial charge in [0.05, 0.1) is 33.4 Å². The Kier molecular flexibility index (Phi) is 30.9. The Balaban J connectivity index is 0.000000193. The van der Waals surface area contributed by atoms with E-state index in [0.29, 0.717) is 67.9 Å². The van der Waals surface area contributed by atoms with E-state index in [9.17, 15) is 28.8 Å². The summed E-state index contributed by atoms with van der Waals surface area (Å²) in [6.45, 7) is 20.0. The predicted octanol–water partition coefficient (Wildman–Crippen LogP) is 23.4. The van der Waals surface area contributed by atoms with E-state index >= 15 is 0 Å². The standard InChI is InChI=1S/C28H22O4.C22H18O4.2C15H14O2.C14H14.2CH4/c1-19-3-7-23(8-4-19)27(29)31-25-15-11-21(12-16-25)22-13-17-26(18-14-22)32-28(30)24-9-5-20(2)6-10-24;1-15-3-7-17(8-4-15)21(23)25-19-11-13-20(14-12-19)26-22(24)18-9-5-16(2)6-10-18;2*1-11-3-7-13(8-4-11)15(16)17-14-9-5-12(2)6-10-14;1-11-3-7-13(8-4-11)14-9-5-12(2)6-10-14;;/h3-18H,1-2H3;3-14H,1-2H3;2*3-10H,1-2H3;3-10H,1-2H3;2*1H4. The molecule has 0 saturated heterocycles. The number of esters is 6. The van der Waals surface area contributed by atoms with E-state index in [0.717, 1.165) is 55.6 Å². The molecular formula is C96H90O12. The molecule has 0 radical (unpaired) electrons. The lowest BCUT2D eigenvalue weighted by Gasteiger charge is -2.08. The summed E-state index contributed by atoms with van der Waals surface area (Å²) in [5.41, 5.74) is 19.0. The summed E-state index contributed by atoms with van der Waals surface area (Å²) in [6, 6.07) is 96.4. The number of ether oxygens (including phenoxy) is 6. The summed E-state index contributed by atoms with van der Waals surface area (Å²) >= 11 is 0. The van der Waals surface area contributed by atoms with Crippen LogP contribution >= 0.6 is 0 Å². The van der Waals surface area contributed by atoms with Crippen LogP contribution in [0, 0.1) is 69.2 Å². The maximum Gasteiger partial charge on any atom is 0.343 e. The van der Waals surface area contributed by atoms with Crippen LogP contribution in [-0.2, 0) is 0 Å². The average Bonchev–Trinajstić information content (AvgIpc) is 0.892. The molecule has 0 fully saturated rings. The summed E-state index contributed by atoms with van der Waals surface area (Å²) in [4.78, 5) is 72.3. The zero-order valence-electron chi connectivity index (χ0n) is 60.9. The molecule has 13 rings (SSSR count). The Morgan fingerprint density at radius 1 is 0.148 bits per heavy atom. The number of hydrogen-bond acceptors (Lipinski definition) is 12. The van der Waals surface area contributed by atoms with Crippen LogP contribution in [0.25, 0.3) is 22.3 Å². The Labute approximate surface area is 634 Å². The van der Waals surface area contributed by atoms with Gasteiger partial charge in [-0.1, -0.05) is 240 Å². The van der Waals surface area contributed by atoms with Gasteiger partial charge >= 0.3 is 35.8 Å². The topological polar surface area (TPSA) is 158 Å². The molecule has 0 atom stereocenters. The van der Waals surface area contributed by atoms with E-state index in [1.165, 1.54) is 22.3 Å². The fourth-order valence-electron chi connectivity index (χ4n) is 9.84. The normalized spacial score (nSPS) is 10.0. The van der Waals surface area contributed by atoms with Crippen molar-refractivity contribution >= 4 is 35.8 Å². The lowest BCUT2D eigenvalue weighted by Crippen LogP contribution is -2.09. The molecule has 0 unspecified atom stereocenters. The van der Waals surface area contributed by atoms with Crippen molar-refractivity contribution in [2.45, 2.75) is 84.1 Å². The third-order valence-electron chi connectivity index (χ3n) is 16.3. The Morgan fingerprint density at radius 3 is 0.380 bits per heavy atom. The van der Waals surface area contributed by atoms with Crippen LogP contribution in [0.1, 0.15) is 133 Å². The van der Waals surface area contributed by atoms with Gasteiger partial charge in [0, 0.05) is 0 Å². The maximum absolute atomic E-state index is 12.3. The zero-order valence-corrected chi connectivity index (χ0v) is 60.9. The monoisotopic (exact) mass is 1430 g/mol. The summed E-state index contributed by atoms with van der Waals surface area (Å²) in [6.07, 6.45) is 0. The second kappa shape index (κ2) is 40.7. The summed E-state index contributed by atoms with van der Waals surface area (Å²) in [5.74, 6) is 0.547. The highest BCUT2D eigenvalue weighted by Gasteiger charge is 2.15. The Morgan fingerprint density at radius 2 is 0.241 bits per heavy atom. The minimum atomic E-state index is -0.436. The van der Waals surface area contributed by atoms with Crippen molar-refractivity contribution in [1.82, 2.24) is 0 Å². The molecule has 0 N–H and O–H groups in total. The molecule has 108 heavy (non-hydrogen) atoms. The fourth-order valence-corrected chi connectivity index (χ4v) is 9.84. The number of carbonyl (C=O) groups excluding carboxylic acids is 6. The molecule has 13 aromatic carbocycles. The number of rotatable bonds is 14. The Hall–Kier alpha value is -13.3. The van der Waals surface area contributed by atoms with Crippen LogP contribution in [0.5, 0.6) is 34.5 Å². The first-order valence-corrected chi connectivity index (χ1v) is 34.4. The molecule has 0 aliphatic rings. The molecule has 0 bridgehead atoms. The van der Waals surface area contributed by atoms with Gasteiger partial charge in [0.25, 0.3) is 0 Å². The van der Waals surface area contributed by atoms with Crippen molar-refractivity contribution in [2.24, 2.45) is 0 Å². The van der Waals surface area contributed by atoms with Gasteiger partial charge in [-0.3, -0.25) is 0 Å². The third kappa shape index (κ3) is 26.1. The molecule has 12 heteroatoms. The molecule has 0 aromatic heterocycles. The van der Waals surface area contributed by atoms with Crippen molar-refractivity contribution in [2.75, 3.05) is 0 Å². The molecule has 0 spiro atoms. The second-order valence-electron chi connectivity index (χ2n) is 25.4. The summed E-state index contributed by atoms with van der Waals surface area (Å²) < 4.78 is 32.0. The van der Waals surface area contributed by atoms with E-state index in [-0.39, 0.29) is 26.8 Å². The van der Waals surface area contributed by atoms with Gasteiger partial charge in [-0.05, 0) is 237 Å². The second-order valence-corrected chi connectivity index (χ2v) is 25.4. The highest BCUT2D eigenvalue weighted by molar-refractivity contribution is 5.94. The molecule has 0 aliphatic carbocycles. The molecule has 546 valence electrons. The maximum atomic E-state index is 12.3. The zero-order chi connectivity index (χ0) is 75.5. The molecule has 0 heterocycles. The lowest BCUT2D eigenvalue weighted by molar-refractivity contribution is 0.0719. The minimum absolute atomic E-state index is 0. The molecule has 0 saturated carbocycles. The van der Waals surface area contributed by atoms with Gasteiger partial charge in [0.1, 0.15) is 34.5 Å². The molecular weight excluding hydrogens is 1350 g/mol. The van der Waals surface area contributed by atoms with Gasteiger partial charge in [0.2, 0.25) is 0 Å². The highest BCUT2D eigenvalue weighted by atomic mass is 16.6. The van der Waals surface area contributed by atoms with Crippen molar-refractivity contribution in [3.8, 4) is 56.8 Å². The van der Waals surface area contributed by atoms with Crippen LogP contribution in [0.4, 0.5) is 0 Å². The van der Waals surface area contributed by atoms with E-state index in [1.54, 1.807) is 146 Å². The van der Waals surface area contributed by atoms with Crippen molar-refractivity contribution in [3.05, 3.63) is 404 Å². The smallest absolute Gasteiger partial charge is 0.343 e. The van der Waals surface area contributed by atoms with E-state index in [4.69, 9.17) is 28.4 Å². The summed E-state index contributed by atoms with van der Waals surface area (Å²) in [5, 5.41) is 0. The van der Waals surface area contributed by atoms with Crippen LogP contribution in [0.2, 0.25) is 0 Å². The first kappa shape index (κ1) is 82.0. The Bertz CT molecular complexity index is 4690. The predicted molar refractivity (Wildman–Crippen MR) is 432 cm³/mol. The fraction of sp³-hybridized carbons (Fsp3) is 0.125. The molecule has 13 aromatic rings. The van der Waals surface area contributed by atoms with Crippen LogP contribution in [-0.4, -0.2) is 35.8 Å². The molecule has 0 amide bonds. The SMILES string of the molecule is C.C.Cc1ccc(-c2ccc(C)cc2)cc1.Cc1ccc(C(=O)Oc2ccc(-c3ccc(OC(=O)c4ccc(C)cc4)cc3)cc2)cc1.Cc1ccc(C(=O)Oc2ccc(OC(=O)c3ccc(C)cc3)cc2)cc1.Cc1ccc(OC(=O)c2ccc(C)cc2)cc1.Cc1ccc(OC(=O)c2ccc(C)cc2)cc1. The van der Waals surface area contributed by atoms with Gasteiger partial charge in [-0.25, -0.2) is 28.8 Å². The number of aryl methyl sites for hydroxylation is 10. The number of carbonyl (C=O) groups is 6. The first-order chi connectivity index (χ1) is 51.0. The van der Waals surface area contributed by atoms with Crippen molar-refractivity contribution in [3.63, 3.8) is 0 Å². The van der Waals surface area contributed by atoms with Crippen molar-refractivity contribution < 1.29 is 57.2 Å². The van der Waals surface area contributed by atoms with Crippen LogP contribution in [0.3, 0.4) is 0 Å². The van der Waals surface area contributed by atoms with E-state index in [2.05, 4.69) is 62.4 Å². The third-order valence-corrected chi connectivity index (χ3v) is 16.3. The van der Waals surface area contributed by atoms with Gasteiger partial charge < -0.3 is 28.4 Å². The number of benzene rings is 13. The minimum Gasteiger partial charge on any atom is -0.423 e. The van der Waals surface area contributed by atoms with Crippen molar-refractivity contribution in [1.29, 1.82) is 0 Å². The van der Waals surface area contributed by atoms with Gasteiger partial charge in [-0.15, -0.1) is 0 Å². The largest absolute Gasteiger partial charge is 0.423 e. The highest BCUT2D eigenvalue weighted by Crippen LogP contribution is 2.27.